The lowest BCUT2D eigenvalue weighted by Crippen LogP contribution is -2.10. The van der Waals surface area contributed by atoms with E-state index in [-0.39, 0.29) is 5.91 Å². The van der Waals surface area contributed by atoms with Gasteiger partial charge in [-0.2, -0.15) is 5.10 Å². The Morgan fingerprint density at radius 3 is 2.32 bits per heavy atom. The first kappa shape index (κ1) is 18.4. The average Bonchev–Trinajstić information content (AvgIpc) is 3.18. The Morgan fingerprint density at radius 2 is 1.64 bits per heavy atom. The fourth-order valence-corrected chi connectivity index (χ4v) is 4.49. The summed E-state index contributed by atoms with van der Waals surface area (Å²) in [5.41, 5.74) is 6.49. The van der Waals surface area contributed by atoms with E-state index in [1.165, 1.54) is 22.5 Å². The highest BCUT2D eigenvalue weighted by Crippen LogP contribution is 2.29. The first-order chi connectivity index (χ1) is 13.4. The lowest BCUT2D eigenvalue weighted by atomic mass is 10.1. The molecule has 4 rings (SSSR count). The van der Waals surface area contributed by atoms with Crippen LogP contribution in [-0.4, -0.2) is 15.7 Å². The topological polar surface area (TPSA) is 46.9 Å². The second-order valence-corrected chi connectivity index (χ2v) is 8.42. The van der Waals surface area contributed by atoms with Gasteiger partial charge in [-0.1, -0.05) is 35.9 Å². The van der Waals surface area contributed by atoms with E-state index in [2.05, 4.69) is 47.7 Å². The van der Waals surface area contributed by atoms with Crippen molar-refractivity contribution in [3.8, 4) is 0 Å². The minimum atomic E-state index is -0.0764. The van der Waals surface area contributed by atoms with Crippen LogP contribution in [-0.2, 0) is 6.54 Å². The summed E-state index contributed by atoms with van der Waals surface area (Å²) in [7, 11) is 0. The minimum absolute atomic E-state index is 0.0764. The summed E-state index contributed by atoms with van der Waals surface area (Å²) in [5, 5.41) is 8.74. The largest absolute Gasteiger partial charge is 0.321 e. The van der Waals surface area contributed by atoms with Crippen molar-refractivity contribution in [1.82, 2.24) is 9.78 Å². The molecule has 0 saturated carbocycles. The standard InChI is InChI=1S/C23H23N3OS/c1-14-5-7-18(8-6-14)13-26-23-20(17(4)25-26)12-21(28-23)22(27)24-19-10-15(2)9-16(3)11-19/h5-12H,13H2,1-4H3,(H,24,27). The van der Waals surface area contributed by atoms with Crippen LogP contribution in [0.15, 0.2) is 48.5 Å². The van der Waals surface area contributed by atoms with Gasteiger partial charge in [-0.25, -0.2) is 0 Å². The third kappa shape index (κ3) is 3.71. The van der Waals surface area contributed by atoms with Gasteiger partial charge in [-0.3, -0.25) is 9.48 Å². The maximum Gasteiger partial charge on any atom is 0.265 e. The van der Waals surface area contributed by atoms with Crippen molar-refractivity contribution in [2.24, 2.45) is 0 Å². The van der Waals surface area contributed by atoms with Gasteiger partial charge in [0, 0.05) is 11.1 Å². The van der Waals surface area contributed by atoms with Gasteiger partial charge in [0.2, 0.25) is 0 Å². The van der Waals surface area contributed by atoms with Gasteiger partial charge < -0.3 is 5.32 Å². The fourth-order valence-electron chi connectivity index (χ4n) is 3.44. The van der Waals surface area contributed by atoms with Gasteiger partial charge in [-0.05, 0) is 62.6 Å². The van der Waals surface area contributed by atoms with Gasteiger partial charge in [0.1, 0.15) is 4.83 Å². The van der Waals surface area contributed by atoms with Gasteiger partial charge in [0.15, 0.2) is 0 Å². The quantitative estimate of drug-likeness (QED) is 0.491. The average molecular weight is 390 g/mol. The molecule has 1 amide bonds. The van der Waals surface area contributed by atoms with Crippen LogP contribution in [0.3, 0.4) is 0 Å². The molecule has 2 aromatic heterocycles. The summed E-state index contributed by atoms with van der Waals surface area (Å²) in [6.45, 7) is 8.84. The van der Waals surface area contributed by atoms with E-state index in [9.17, 15) is 4.79 Å². The molecule has 1 N–H and O–H groups in total. The molecule has 0 radical (unpaired) electrons. The van der Waals surface area contributed by atoms with Crippen molar-refractivity contribution in [1.29, 1.82) is 0 Å². The number of benzene rings is 2. The number of aromatic nitrogens is 2. The summed E-state index contributed by atoms with van der Waals surface area (Å²) >= 11 is 1.49. The molecule has 28 heavy (non-hydrogen) atoms. The van der Waals surface area contributed by atoms with Crippen LogP contribution in [0.1, 0.15) is 37.6 Å². The molecule has 0 unspecified atom stereocenters. The molecule has 0 saturated heterocycles. The van der Waals surface area contributed by atoms with Crippen LogP contribution in [0, 0.1) is 27.7 Å². The van der Waals surface area contributed by atoms with Crippen LogP contribution in [0.2, 0.25) is 0 Å². The predicted molar refractivity (Wildman–Crippen MR) is 116 cm³/mol. The molecular weight excluding hydrogens is 366 g/mol. The highest BCUT2D eigenvalue weighted by atomic mass is 32.1. The van der Waals surface area contributed by atoms with Crippen molar-refractivity contribution >= 4 is 33.1 Å². The van der Waals surface area contributed by atoms with E-state index >= 15 is 0 Å². The van der Waals surface area contributed by atoms with Crippen LogP contribution < -0.4 is 5.32 Å². The third-order valence-corrected chi connectivity index (χ3v) is 5.91. The highest BCUT2D eigenvalue weighted by Gasteiger charge is 2.17. The maximum atomic E-state index is 12.8. The third-order valence-electron chi connectivity index (χ3n) is 4.76. The number of thiophene rings is 1. The molecule has 0 aliphatic rings. The summed E-state index contributed by atoms with van der Waals surface area (Å²) in [5.74, 6) is -0.0764. The number of nitrogens with zero attached hydrogens (tertiary/aromatic N) is 2. The Hall–Kier alpha value is -2.92. The molecule has 2 aromatic carbocycles. The normalized spacial score (nSPS) is 11.1. The van der Waals surface area contributed by atoms with Crippen LogP contribution in [0.4, 0.5) is 5.69 Å². The Kier molecular flexibility index (Phi) is 4.77. The molecule has 5 heteroatoms. The molecule has 0 fully saturated rings. The zero-order chi connectivity index (χ0) is 19.8. The molecule has 142 valence electrons. The monoisotopic (exact) mass is 389 g/mol. The zero-order valence-electron chi connectivity index (χ0n) is 16.5. The number of fused-ring (bicyclic) bond motifs is 1. The van der Waals surface area contributed by atoms with Gasteiger partial charge in [-0.15, -0.1) is 11.3 Å². The highest BCUT2D eigenvalue weighted by molar-refractivity contribution is 7.20. The summed E-state index contributed by atoms with van der Waals surface area (Å²) < 4.78 is 1.99. The first-order valence-corrected chi connectivity index (χ1v) is 10.1. The lowest BCUT2D eigenvalue weighted by molar-refractivity contribution is 0.103. The van der Waals surface area contributed by atoms with E-state index in [0.717, 1.165) is 32.7 Å². The van der Waals surface area contributed by atoms with Crippen molar-refractivity contribution in [3.63, 3.8) is 0 Å². The number of carbonyl (C=O) groups excluding carboxylic acids is 1. The van der Waals surface area contributed by atoms with Crippen molar-refractivity contribution in [3.05, 3.63) is 81.4 Å². The van der Waals surface area contributed by atoms with E-state index in [4.69, 9.17) is 0 Å². The number of hydrogen-bond donors (Lipinski definition) is 1. The van der Waals surface area contributed by atoms with E-state index in [1.54, 1.807) is 0 Å². The zero-order valence-corrected chi connectivity index (χ0v) is 17.4. The molecule has 2 heterocycles. The Bertz CT molecular complexity index is 1150. The fraction of sp³-hybridized carbons (Fsp3) is 0.217. The molecular formula is C23H23N3OS. The molecule has 0 atom stereocenters. The molecule has 4 aromatic rings. The smallest absolute Gasteiger partial charge is 0.265 e. The Morgan fingerprint density at radius 1 is 0.964 bits per heavy atom. The summed E-state index contributed by atoms with van der Waals surface area (Å²) in [6, 6.07) is 16.5. The lowest BCUT2D eigenvalue weighted by Gasteiger charge is -2.06. The molecule has 0 bridgehead atoms. The van der Waals surface area contributed by atoms with E-state index in [0.29, 0.717) is 11.4 Å². The van der Waals surface area contributed by atoms with Crippen molar-refractivity contribution in [2.75, 3.05) is 5.32 Å². The number of hydrogen-bond acceptors (Lipinski definition) is 3. The predicted octanol–water partition coefficient (Wildman–Crippen LogP) is 5.63. The number of carbonyl (C=O) groups is 1. The van der Waals surface area contributed by atoms with Crippen LogP contribution in [0.25, 0.3) is 10.2 Å². The second-order valence-electron chi connectivity index (χ2n) is 7.39. The molecule has 4 nitrogen and oxygen atoms in total. The second kappa shape index (κ2) is 7.24. The van der Waals surface area contributed by atoms with Gasteiger partial charge in [0.25, 0.3) is 5.91 Å². The molecule has 0 spiro atoms. The number of aryl methyl sites for hydroxylation is 4. The SMILES string of the molecule is Cc1ccc(Cn2nc(C)c3cc(C(=O)Nc4cc(C)cc(C)c4)sc32)cc1. The van der Waals surface area contributed by atoms with E-state index < -0.39 is 0 Å². The summed E-state index contributed by atoms with van der Waals surface area (Å²) in [4.78, 5) is 14.5. The van der Waals surface area contributed by atoms with Crippen LogP contribution >= 0.6 is 11.3 Å². The Labute approximate surface area is 168 Å². The van der Waals surface area contributed by atoms with Crippen LogP contribution in [0.5, 0.6) is 0 Å². The minimum Gasteiger partial charge on any atom is -0.321 e. The van der Waals surface area contributed by atoms with Gasteiger partial charge >= 0.3 is 0 Å². The maximum absolute atomic E-state index is 12.8. The first-order valence-electron chi connectivity index (χ1n) is 9.31. The summed E-state index contributed by atoms with van der Waals surface area (Å²) in [6.07, 6.45) is 0. The van der Waals surface area contributed by atoms with Crippen molar-refractivity contribution < 1.29 is 4.79 Å². The van der Waals surface area contributed by atoms with E-state index in [1.807, 2.05) is 43.7 Å². The number of anilines is 1. The van der Waals surface area contributed by atoms with Gasteiger partial charge in [0.05, 0.1) is 17.1 Å². The number of rotatable bonds is 4. The molecule has 0 aliphatic carbocycles. The van der Waals surface area contributed by atoms with Crippen molar-refractivity contribution in [2.45, 2.75) is 34.2 Å². The number of nitrogens with one attached hydrogen (secondary N) is 1. The number of amides is 1. The Balaban J connectivity index is 1.62. The molecule has 0 aliphatic heterocycles.